The third-order valence-electron chi connectivity index (χ3n) is 5.43. The summed E-state index contributed by atoms with van der Waals surface area (Å²) in [6.45, 7) is 5.50. The van der Waals surface area contributed by atoms with Crippen LogP contribution in [0.5, 0.6) is 5.75 Å². The number of primary amides is 1. The second kappa shape index (κ2) is 10.6. The van der Waals surface area contributed by atoms with Crippen molar-refractivity contribution in [2.75, 3.05) is 13.2 Å². The number of rotatable bonds is 5. The molecular weight excluding hydrogens is 431 g/mol. The van der Waals surface area contributed by atoms with E-state index < -0.39 is 0 Å². The first kappa shape index (κ1) is 23.7. The summed E-state index contributed by atoms with van der Waals surface area (Å²) < 4.78 is 26.1. The molecule has 2 amide bonds. The maximum atomic E-state index is 13.8. The molecule has 3 aromatic rings. The van der Waals surface area contributed by atoms with Gasteiger partial charge in [0.1, 0.15) is 18.2 Å². The van der Waals surface area contributed by atoms with Crippen LogP contribution < -0.4 is 15.8 Å². The van der Waals surface area contributed by atoms with Gasteiger partial charge >= 0.3 is 0 Å². The highest BCUT2D eigenvalue weighted by Crippen LogP contribution is 2.34. The number of hydrogen-bond donors (Lipinski definition) is 2. The van der Waals surface area contributed by atoms with E-state index in [1.54, 1.807) is 29.5 Å². The van der Waals surface area contributed by atoms with Crippen LogP contribution in [0.15, 0.2) is 42.5 Å². The van der Waals surface area contributed by atoms with Gasteiger partial charge in [0.15, 0.2) is 0 Å². The molecule has 2 aromatic carbocycles. The van der Waals surface area contributed by atoms with Gasteiger partial charge in [-0.3, -0.25) is 9.59 Å². The summed E-state index contributed by atoms with van der Waals surface area (Å²) in [5, 5.41) is 4.08. The molecule has 1 fully saturated rings. The first-order valence-corrected chi connectivity index (χ1v) is 11.1. The van der Waals surface area contributed by atoms with Crippen molar-refractivity contribution >= 4 is 33.7 Å². The Kier molecular flexibility index (Phi) is 7.82. The van der Waals surface area contributed by atoms with Crippen LogP contribution in [0.2, 0.25) is 0 Å². The van der Waals surface area contributed by atoms with E-state index in [0.717, 1.165) is 27.8 Å². The highest BCUT2D eigenvalue weighted by atomic mass is 32.1. The van der Waals surface area contributed by atoms with E-state index >= 15 is 0 Å². The number of ether oxygens (including phenoxy) is 2. The zero-order chi connectivity index (χ0) is 23.1. The molecule has 2 heterocycles. The lowest BCUT2D eigenvalue weighted by Gasteiger charge is -2.34. The van der Waals surface area contributed by atoms with Crippen molar-refractivity contribution in [3.05, 3.63) is 64.3 Å². The van der Waals surface area contributed by atoms with Crippen LogP contribution in [-0.2, 0) is 16.1 Å². The van der Waals surface area contributed by atoms with Gasteiger partial charge in [-0.25, -0.2) is 4.39 Å². The molecular formula is C24H27FN2O4S. The fraction of sp³-hybridized carbons (Fsp3) is 0.333. The third-order valence-corrected chi connectivity index (χ3v) is 6.51. The summed E-state index contributed by atoms with van der Waals surface area (Å²) >= 11 is 1.59. The summed E-state index contributed by atoms with van der Waals surface area (Å²) in [5.74, 6) is 0.263. The number of nitrogens with one attached hydrogen (secondary N) is 1. The van der Waals surface area contributed by atoms with Gasteiger partial charge in [-0.15, -0.1) is 11.3 Å². The molecule has 0 saturated carbocycles. The van der Waals surface area contributed by atoms with Crippen LogP contribution in [0.1, 0.15) is 40.6 Å². The SMILES string of the molecule is Cc1sc2ccc(OCc3ccccc3F)cc2c1C(=O)NC1(C)CCOCC1.NC=O. The molecule has 0 unspecified atom stereocenters. The van der Waals surface area contributed by atoms with Crippen LogP contribution >= 0.6 is 11.3 Å². The first-order valence-electron chi connectivity index (χ1n) is 10.3. The van der Waals surface area contributed by atoms with Crippen LogP contribution in [0.3, 0.4) is 0 Å². The van der Waals surface area contributed by atoms with E-state index in [2.05, 4.69) is 18.0 Å². The van der Waals surface area contributed by atoms with Crippen molar-refractivity contribution in [1.29, 1.82) is 0 Å². The Labute approximate surface area is 190 Å². The molecule has 1 saturated heterocycles. The van der Waals surface area contributed by atoms with Gasteiger partial charge in [0.05, 0.1) is 5.56 Å². The Balaban J connectivity index is 0.000000913. The largest absolute Gasteiger partial charge is 0.489 e. The predicted molar refractivity (Wildman–Crippen MR) is 123 cm³/mol. The van der Waals surface area contributed by atoms with Gasteiger partial charge < -0.3 is 20.5 Å². The zero-order valence-electron chi connectivity index (χ0n) is 18.2. The molecule has 1 aromatic heterocycles. The van der Waals surface area contributed by atoms with Crippen molar-refractivity contribution in [2.24, 2.45) is 5.73 Å². The molecule has 0 atom stereocenters. The molecule has 170 valence electrons. The first-order chi connectivity index (χ1) is 15.4. The van der Waals surface area contributed by atoms with Crippen LogP contribution in [-0.4, -0.2) is 31.1 Å². The Hall–Kier alpha value is -2.97. The number of carbonyl (C=O) groups excluding carboxylic acids is 2. The minimum absolute atomic E-state index is 0.0654. The van der Waals surface area contributed by atoms with E-state index in [-0.39, 0.29) is 30.3 Å². The fourth-order valence-corrected chi connectivity index (χ4v) is 4.67. The summed E-state index contributed by atoms with van der Waals surface area (Å²) in [6.07, 6.45) is 1.85. The number of halogens is 1. The fourth-order valence-electron chi connectivity index (χ4n) is 3.63. The maximum Gasteiger partial charge on any atom is 0.253 e. The Morgan fingerprint density at radius 2 is 1.97 bits per heavy atom. The van der Waals surface area contributed by atoms with Gasteiger partial charge in [-0.1, -0.05) is 18.2 Å². The number of benzene rings is 2. The van der Waals surface area contributed by atoms with E-state index in [1.807, 2.05) is 25.1 Å². The van der Waals surface area contributed by atoms with Crippen molar-refractivity contribution in [3.63, 3.8) is 0 Å². The van der Waals surface area contributed by atoms with Crippen LogP contribution in [0.25, 0.3) is 10.1 Å². The number of hydrogen-bond acceptors (Lipinski definition) is 5. The standard InChI is InChI=1S/C23H24FNO3S.CH3NO/c1-15-21(22(26)25-23(2)9-11-27-12-10-23)18-13-17(7-8-20(18)29-15)28-14-16-5-3-4-6-19(16)24;2-1-3/h3-8,13H,9-12,14H2,1-2H3,(H,25,26);1H,(H2,2,3). The van der Waals surface area contributed by atoms with Gasteiger partial charge in [0.2, 0.25) is 6.41 Å². The minimum atomic E-state index is -0.287. The van der Waals surface area contributed by atoms with Gasteiger partial charge in [-0.2, -0.15) is 0 Å². The molecule has 0 aliphatic carbocycles. The number of thiophene rings is 1. The van der Waals surface area contributed by atoms with Gasteiger partial charge in [0.25, 0.3) is 5.91 Å². The summed E-state index contributed by atoms with van der Waals surface area (Å²) in [6, 6.07) is 12.3. The minimum Gasteiger partial charge on any atom is -0.489 e. The van der Waals surface area contributed by atoms with E-state index in [4.69, 9.17) is 14.3 Å². The van der Waals surface area contributed by atoms with Crippen LogP contribution in [0.4, 0.5) is 4.39 Å². The Morgan fingerprint density at radius 3 is 2.66 bits per heavy atom. The van der Waals surface area contributed by atoms with Crippen LogP contribution in [0, 0.1) is 12.7 Å². The zero-order valence-corrected chi connectivity index (χ0v) is 19.0. The monoisotopic (exact) mass is 458 g/mol. The second-order valence-corrected chi connectivity index (χ2v) is 9.09. The van der Waals surface area contributed by atoms with Crippen molar-refractivity contribution < 1.29 is 23.5 Å². The third kappa shape index (κ3) is 5.63. The summed E-state index contributed by atoms with van der Waals surface area (Å²) in [7, 11) is 0. The van der Waals surface area contributed by atoms with Crippen molar-refractivity contribution in [2.45, 2.75) is 38.8 Å². The number of fused-ring (bicyclic) bond motifs is 1. The highest BCUT2D eigenvalue weighted by molar-refractivity contribution is 7.19. The van der Waals surface area contributed by atoms with Crippen molar-refractivity contribution in [1.82, 2.24) is 5.32 Å². The molecule has 8 heteroatoms. The Bertz CT molecular complexity index is 1090. The molecule has 4 rings (SSSR count). The molecule has 32 heavy (non-hydrogen) atoms. The summed E-state index contributed by atoms with van der Waals surface area (Å²) in [4.78, 5) is 22.7. The molecule has 3 N–H and O–H groups in total. The number of aryl methyl sites for hydroxylation is 1. The predicted octanol–water partition coefficient (Wildman–Crippen LogP) is 4.33. The molecule has 0 radical (unpaired) electrons. The number of nitrogens with two attached hydrogens (primary N) is 1. The smallest absolute Gasteiger partial charge is 0.253 e. The van der Waals surface area contributed by atoms with E-state index in [0.29, 0.717) is 30.1 Å². The second-order valence-electron chi connectivity index (χ2n) is 7.83. The lowest BCUT2D eigenvalue weighted by molar-refractivity contribution is -0.106. The molecule has 0 spiro atoms. The molecule has 1 aliphatic heterocycles. The summed E-state index contributed by atoms with van der Waals surface area (Å²) in [5.41, 5.74) is 5.10. The normalized spacial score (nSPS) is 14.8. The lowest BCUT2D eigenvalue weighted by Crippen LogP contribution is -2.49. The lowest BCUT2D eigenvalue weighted by atomic mass is 9.92. The maximum absolute atomic E-state index is 13.8. The quantitative estimate of drug-likeness (QED) is 0.557. The van der Waals surface area contributed by atoms with Gasteiger partial charge in [0, 0.05) is 39.3 Å². The molecule has 1 aliphatic rings. The van der Waals surface area contributed by atoms with Crippen molar-refractivity contribution in [3.8, 4) is 5.75 Å². The topological polar surface area (TPSA) is 90.7 Å². The molecule has 6 nitrogen and oxygen atoms in total. The highest BCUT2D eigenvalue weighted by Gasteiger charge is 2.30. The average Bonchev–Trinajstić information content (AvgIpc) is 3.09. The average molecular weight is 459 g/mol. The van der Waals surface area contributed by atoms with E-state index in [9.17, 15) is 9.18 Å². The van der Waals surface area contributed by atoms with E-state index in [1.165, 1.54) is 6.07 Å². The van der Waals surface area contributed by atoms with Gasteiger partial charge in [-0.05, 0) is 51.0 Å². The molecule has 0 bridgehead atoms. The number of amides is 2. The number of carbonyl (C=O) groups is 2. The Morgan fingerprint density at radius 1 is 1.28 bits per heavy atom.